The summed E-state index contributed by atoms with van der Waals surface area (Å²) in [5.41, 5.74) is 0. The summed E-state index contributed by atoms with van der Waals surface area (Å²) < 4.78 is 0. The van der Waals surface area contributed by atoms with Crippen LogP contribution in [0.2, 0.25) is 0 Å². The molecule has 7 heteroatoms. The molecular formula is C10H15N3O3S. The maximum Gasteiger partial charge on any atom is 0.323 e. The van der Waals surface area contributed by atoms with Gasteiger partial charge in [0.2, 0.25) is 0 Å². The normalized spacial score (nSPS) is 10.0. The van der Waals surface area contributed by atoms with Crippen molar-refractivity contribution < 1.29 is 14.7 Å². The Kier molecular flexibility index (Phi) is 4.89. The van der Waals surface area contributed by atoms with Crippen molar-refractivity contribution in [1.82, 2.24) is 15.2 Å². The van der Waals surface area contributed by atoms with E-state index >= 15 is 0 Å². The second kappa shape index (κ2) is 6.19. The van der Waals surface area contributed by atoms with Crippen molar-refractivity contribution in [2.45, 2.75) is 20.4 Å². The van der Waals surface area contributed by atoms with Crippen LogP contribution in [0.15, 0.2) is 6.20 Å². The number of nitrogens with zero attached hydrogens (tertiary/aromatic N) is 2. The van der Waals surface area contributed by atoms with Gasteiger partial charge in [0.15, 0.2) is 0 Å². The molecule has 0 unspecified atom stereocenters. The summed E-state index contributed by atoms with van der Waals surface area (Å²) in [5.74, 6) is -1.02. The zero-order chi connectivity index (χ0) is 12.8. The minimum atomic E-state index is -1.02. The Hall–Kier alpha value is -1.63. The van der Waals surface area contributed by atoms with E-state index in [2.05, 4.69) is 10.3 Å². The first-order valence-electron chi connectivity index (χ1n) is 5.18. The van der Waals surface area contributed by atoms with Crippen molar-refractivity contribution in [2.24, 2.45) is 0 Å². The lowest BCUT2D eigenvalue weighted by Crippen LogP contribution is -2.42. The molecule has 0 aliphatic carbocycles. The van der Waals surface area contributed by atoms with E-state index in [1.807, 2.05) is 6.92 Å². The molecule has 0 spiro atoms. The van der Waals surface area contributed by atoms with Gasteiger partial charge < -0.3 is 15.3 Å². The quantitative estimate of drug-likeness (QED) is 0.826. The minimum Gasteiger partial charge on any atom is -0.480 e. The molecule has 2 N–H and O–H groups in total. The van der Waals surface area contributed by atoms with E-state index in [4.69, 9.17) is 5.11 Å². The highest BCUT2D eigenvalue weighted by Gasteiger charge is 2.14. The Labute approximate surface area is 103 Å². The average molecular weight is 257 g/mol. The van der Waals surface area contributed by atoms with Gasteiger partial charge in [0.05, 0.1) is 6.54 Å². The number of carbonyl (C=O) groups is 2. The molecule has 0 saturated carbocycles. The van der Waals surface area contributed by atoms with Gasteiger partial charge in [-0.3, -0.25) is 4.79 Å². The number of hydrogen-bond acceptors (Lipinski definition) is 4. The van der Waals surface area contributed by atoms with Gasteiger partial charge in [-0.05, 0) is 13.8 Å². The number of urea groups is 1. The minimum absolute atomic E-state index is 0.292. The number of likely N-dealkylation sites (N-methyl/N-ethyl adjacent to an activating group) is 1. The van der Waals surface area contributed by atoms with Crippen LogP contribution < -0.4 is 5.32 Å². The van der Waals surface area contributed by atoms with Crippen molar-refractivity contribution >= 4 is 23.3 Å². The van der Waals surface area contributed by atoms with Crippen molar-refractivity contribution in [3.8, 4) is 0 Å². The Morgan fingerprint density at radius 2 is 2.29 bits per heavy atom. The zero-order valence-electron chi connectivity index (χ0n) is 9.77. The van der Waals surface area contributed by atoms with Crippen LogP contribution in [0.1, 0.15) is 16.8 Å². The molecule has 0 atom stereocenters. The fraction of sp³-hybridized carbons (Fsp3) is 0.500. The standard InChI is InChI=1S/C10H15N3O3S/c1-3-13(6-9(14)15)10(16)12-5-8-11-4-7(2)17-8/h4H,3,5-6H2,1-2H3,(H,12,16)(H,14,15). The van der Waals surface area contributed by atoms with Crippen LogP contribution >= 0.6 is 11.3 Å². The summed E-state index contributed by atoms with van der Waals surface area (Å²) in [4.78, 5) is 28.5. The number of carbonyl (C=O) groups excluding carboxylic acids is 1. The van der Waals surface area contributed by atoms with E-state index in [9.17, 15) is 9.59 Å². The third-order valence-electron chi connectivity index (χ3n) is 2.06. The molecule has 1 rings (SSSR count). The van der Waals surface area contributed by atoms with Gasteiger partial charge in [-0.15, -0.1) is 11.3 Å². The van der Waals surface area contributed by atoms with E-state index in [0.29, 0.717) is 13.1 Å². The van der Waals surface area contributed by atoms with Crippen LogP contribution in [0.5, 0.6) is 0 Å². The highest BCUT2D eigenvalue weighted by molar-refractivity contribution is 7.11. The topological polar surface area (TPSA) is 82.5 Å². The molecule has 1 aromatic heterocycles. The Morgan fingerprint density at radius 3 is 2.76 bits per heavy atom. The van der Waals surface area contributed by atoms with Crippen LogP contribution in [0.3, 0.4) is 0 Å². The number of carboxylic acid groups (broad SMARTS) is 1. The third-order valence-corrected chi connectivity index (χ3v) is 2.97. The molecule has 0 aliphatic rings. The van der Waals surface area contributed by atoms with Crippen LogP contribution in [0, 0.1) is 6.92 Å². The predicted molar refractivity (Wildman–Crippen MR) is 64.0 cm³/mol. The van der Waals surface area contributed by atoms with Crippen molar-refractivity contribution in [2.75, 3.05) is 13.1 Å². The molecule has 1 aromatic rings. The summed E-state index contributed by atoms with van der Waals surface area (Å²) in [6.07, 6.45) is 1.74. The van der Waals surface area contributed by atoms with Gasteiger partial charge in [0, 0.05) is 17.6 Å². The lowest BCUT2D eigenvalue weighted by Gasteiger charge is -2.18. The van der Waals surface area contributed by atoms with E-state index in [1.54, 1.807) is 13.1 Å². The van der Waals surface area contributed by atoms with Crippen molar-refractivity contribution in [1.29, 1.82) is 0 Å². The molecule has 0 aromatic carbocycles. The van der Waals surface area contributed by atoms with Gasteiger partial charge in [-0.1, -0.05) is 0 Å². The lowest BCUT2D eigenvalue weighted by atomic mass is 10.5. The summed E-state index contributed by atoms with van der Waals surface area (Å²) in [7, 11) is 0. The Balaban J connectivity index is 2.44. The number of thiazole rings is 1. The smallest absolute Gasteiger partial charge is 0.323 e. The molecule has 17 heavy (non-hydrogen) atoms. The first kappa shape index (κ1) is 13.4. The number of rotatable bonds is 5. The van der Waals surface area contributed by atoms with Gasteiger partial charge in [0.1, 0.15) is 11.6 Å². The zero-order valence-corrected chi connectivity index (χ0v) is 10.6. The molecule has 6 nitrogen and oxygen atoms in total. The molecule has 2 amide bonds. The van der Waals surface area contributed by atoms with E-state index in [0.717, 1.165) is 9.88 Å². The molecule has 0 radical (unpaired) electrons. The SMILES string of the molecule is CCN(CC(=O)O)C(=O)NCc1ncc(C)s1. The number of carboxylic acids is 1. The number of aryl methyl sites for hydroxylation is 1. The average Bonchev–Trinajstić information content (AvgIpc) is 2.68. The second-order valence-corrected chi connectivity index (χ2v) is 4.75. The monoisotopic (exact) mass is 257 g/mol. The maximum absolute atomic E-state index is 11.6. The number of aliphatic carboxylic acids is 1. The number of hydrogen-bond donors (Lipinski definition) is 2. The van der Waals surface area contributed by atoms with Crippen molar-refractivity contribution in [3.05, 3.63) is 16.1 Å². The predicted octanol–water partition coefficient (Wildman–Crippen LogP) is 1.07. The Bertz CT molecular complexity index is 405. The largest absolute Gasteiger partial charge is 0.480 e. The number of nitrogens with one attached hydrogen (secondary N) is 1. The molecular weight excluding hydrogens is 242 g/mol. The van der Waals surface area contributed by atoms with Crippen LogP contribution in [-0.4, -0.2) is 40.1 Å². The van der Waals surface area contributed by atoms with E-state index in [-0.39, 0.29) is 12.6 Å². The third kappa shape index (κ3) is 4.39. The van der Waals surface area contributed by atoms with Crippen LogP contribution in [-0.2, 0) is 11.3 Å². The summed E-state index contributed by atoms with van der Waals surface area (Å²) in [6.45, 7) is 4.06. The molecule has 0 saturated heterocycles. The highest BCUT2D eigenvalue weighted by atomic mass is 32.1. The summed E-state index contributed by atoms with van der Waals surface area (Å²) in [6, 6.07) is -0.386. The molecule has 1 heterocycles. The Morgan fingerprint density at radius 1 is 1.59 bits per heavy atom. The number of amides is 2. The summed E-state index contributed by atoms with van der Waals surface area (Å²) >= 11 is 1.50. The molecule has 94 valence electrons. The molecule has 0 fully saturated rings. The van der Waals surface area contributed by atoms with Gasteiger partial charge in [0.25, 0.3) is 0 Å². The van der Waals surface area contributed by atoms with Gasteiger partial charge in [-0.25, -0.2) is 9.78 Å². The van der Waals surface area contributed by atoms with Crippen molar-refractivity contribution in [3.63, 3.8) is 0 Å². The number of aromatic nitrogens is 1. The van der Waals surface area contributed by atoms with E-state index in [1.165, 1.54) is 16.2 Å². The fourth-order valence-corrected chi connectivity index (χ4v) is 1.96. The van der Waals surface area contributed by atoms with Gasteiger partial charge >= 0.3 is 12.0 Å². The maximum atomic E-state index is 11.6. The first-order chi connectivity index (χ1) is 8.02. The van der Waals surface area contributed by atoms with Crippen LogP contribution in [0.4, 0.5) is 4.79 Å². The molecule has 0 bridgehead atoms. The second-order valence-electron chi connectivity index (χ2n) is 3.43. The van der Waals surface area contributed by atoms with E-state index < -0.39 is 5.97 Å². The van der Waals surface area contributed by atoms with Gasteiger partial charge in [-0.2, -0.15) is 0 Å². The fourth-order valence-electron chi connectivity index (χ4n) is 1.24. The lowest BCUT2D eigenvalue weighted by molar-refractivity contribution is -0.137. The molecule has 0 aliphatic heterocycles. The highest BCUT2D eigenvalue weighted by Crippen LogP contribution is 2.10. The van der Waals surface area contributed by atoms with Crippen LogP contribution in [0.25, 0.3) is 0 Å². The first-order valence-corrected chi connectivity index (χ1v) is 6.00. The summed E-state index contributed by atoms with van der Waals surface area (Å²) in [5, 5.41) is 12.1.